The first kappa shape index (κ1) is 21.7. The lowest BCUT2D eigenvalue weighted by Crippen LogP contribution is -2.25. The molecule has 2 N–H and O–H groups in total. The lowest BCUT2D eigenvalue weighted by Gasteiger charge is -2.12. The van der Waals surface area contributed by atoms with Gasteiger partial charge in [0.25, 0.3) is 5.91 Å². The topological polar surface area (TPSA) is 67.0 Å². The number of hydrogen-bond acceptors (Lipinski definition) is 4. The second-order valence-corrected chi connectivity index (χ2v) is 8.29. The van der Waals surface area contributed by atoms with Crippen molar-refractivity contribution in [1.82, 2.24) is 15.3 Å². The molecule has 0 unspecified atom stereocenters. The summed E-state index contributed by atoms with van der Waals surface area (Å²) >= 11 is 1.72. The van der Waals surface area contributed by atoms with Crippen molar-refractivity contribution in [1.29, 1.82) is 0 Å². The van der Waals surface area contributed by atoms with E-state index in [-0.39, 0.29) is 5.91 Å². The first-order valence-electron chi connectivity index (χ1n) is 10.5. The van der Waals surface area contributed by atoms with Crippen molar-refractivity contribution in [2.24, 2.45) is 0 Å². The normalized spacial score (nSPS) is 10.6. The first-order valence-corrected chi connectivity index (χ1v) is 11.5. The zero-order chi connectivity index (χ0) is 22.0. The Morgan fingerprint density at radius 3 is 2.53 bits per heavy atom. The number of thioether (sulfide) groups is 1. The van der Waals surface area contributed by atoms with Crippen LogP contribution in [0.15, 0.2) is 96.2 Å². The van der Waals surface area contributed by atoms with Crippen LogP contribution in [0.25, 0.3) is 0 Å². The van der Waals surface area contributed by atoms with Gasteiger partial charge in [-0.15, -0.1) is 11.8 Å². The average molecular weight is 444 g/mol. The maximum atomic E-state index is 12.3. The van der Waals surface area contributed by atoms with Gasteiger partial charge in [0, 0.05) is 47.1 Å². The third kappa shape index (κ3) is 6.25. The molecule has 0 atom stereocenters. The van der Waals surface area contributed by atoms with Crippen LogP contribution in [-0.2, 0) is 18.8 Å². The number of carbonyl (C=O) groups is 1. The van der Waals surface area contributed by atoms with E-state index in [1.807, 2.05) is 60.7 Å². The van der Waals surface area contributed by atoms with E-state index >= 15 is 0 Å². The summed E-state index contributed by atoms with van der Waals surface area (Å²) in [5.41, 5.74) is 2.95. The number of imidazole rings is 1. The van der Waals surface area contributed by atoms with E-state index in [1.54, 1.807) is 24.2 Å². The molecule has 1 amide bonds. The summed E-state index contributed by atoms with van der Waals surface area (Å²) in [6, 6.07) is 26.0. The van der Waals surface area contributed by atoms with E-state index in [2.05, 4.69) is 33.5 Å². The monoisotopic (exact) mass is 443 g/mol. The standard InChI is InChI=1S/C26H25N3O2S/c30-26(29-15-14-25-27-16-17-28-25)21-10-12-23(13-11-21)32-19-22-8-4-5-9-24(22)31-18-20-6-2-1-3-7-20/h1-13,16-17H,14-15,18-19H2,(H,27,28)(H,29,30). The van der Waals surface area contributed by atoms with Crippen molar-refractivity contribution in [2.75, 3.05) is 6.54 Å². The van der Waals surface area contributed by atoms with Crippen molar-refractivity contribution < 1.29 is 9.53 Å². The fourth-order valence-corrected chi connectivity index (χ4v) is 4.08. The number of rotatable bonds is 10. The molecule has 0 saturated heterocycles. The highest BCUT2D eigenvalue weighted by atomic mass is 32.2. The number of para-hydroxylation sites is 1. The Morgan fingerprint density at radius 1 is 0.969 bits per heavy atom. The number of carbonyl (C=O) groups excluding carboxylic acids is 1. The van der Waals surface area contributed by atoms with Crippen LogP contribution < -0.4 is 10.1 Å². The van der Waals surface area contributed by atoms with E-state index in [1.165, 1.54) is 0 Å². The minimum atomic E-state index is -0.0761. The van der Waals surface area contributed by atoms with Gasteiger partial charge in [0.2, 0.25) is 0 Å². The predicted molar refractivity (Wildman–Crippen MR) is 128 cm³/mol. The summed E-state index contributed by atoms with van der Waals surface area (Å²) in [5.74, 6) is 2.48. The van der Waals surface area contributed by atoms with Crippen LogP contribution in [0.5, 0.6) is 5.75 Å². The minimum absolute atomic E-state index is 0.0761. The second-order valence-electron chi connectivity index (χ2n) is 7.24. The highest BCUT2D eigenvalue weighted by Crippen LogP contribution is 2.28. The van der Waals surface area contributed by atoms with Crippen LogP contribution in [-0.4, -0.2) is 22.4 Å². The molecule has 1 heterocycles. The molecule has 162 valence electrons. The van der Waals surface area contributed by atoms with Gasteiger partial charge in [-0.05, 0) is 35.9 Å². The fraction of sp³-hybridized carbons (Fsp3) is 0.154. The maximum absolute atomic E-state index is 12.3. The van der Waals surface area contributed by atoms with Crippen LogP contribution in [0, 0.1) is 0 Å². The number of nitrogens with one attached hydrogen (secondary N) is 2. The van der Waals surface area contributed by atoms with Crippen molar-refractivity contribution in [2.45, 2.75) is 23.7 Å². The molecule has 0 aliphatic heterocycles. The predicted octanol–water partition coefficient (Wildman–Crippen LogP) is 5.25. The van der Waals surface area contributed by atoms with E-state index in [4.69, 9.17) is 4.74 Å². The van der Waals surface area contributed by atoms with E-state index in [0.29, 0.717) is 25.1 Å². The molecule has 0 radical (unpaired) electrons. The summed E-state index contributed by atoms with van der Waals surface area (Å²) in [4.78, 5) is 20.6. The Bertz CT molecular complexity index is 1110. The van der Waals surface area contributed by atoms with E-state index < -0.39 is 0 Å². The number of benzene rings is 3. The second kappa shape index (κ2) is 11.2. The summed E-state index contributed by atoms with van der Waals surface area (Å²) in [5, 5.41) is 2.93. The van der Waals surface area contributed by atoms with Gasteiger partial charge in [-0.25, -0.2) is 4.98 Å². The molecule has 4 rings (SSSR count). The van der Waals surface area contributed by atoms with Crippen molar-refractivity contribution in [3.8, 4) is 5.75 Å². The Balaban J connectivity index is 1.28. The van der Waals surface area contributed by atoms with E-state index in [9.17, 15) is 4.79 Å². The number of hydrogen-bond donors (Lipinski definition) is 2. The molecule has 4 aromatic rings. The summed E-state index contributed by atoms with van der Waals surface area (Å²) in [6.45, 7) is 1.09. The molecular weight excluding hydrogens is 418 g/mol. The Hall–Kier alpha value is -3.51. The Morgan fingerprint density at radius 2 is 1.75 bits per heavy atom. The molecule has 32 heavy (non-hydrogen) atoms. The summed E-state index contributed by atoms with van der Waals surface area (Å²) < 4.78 is 6.05. The molecule has 0 bridgehead atoms. The maximum Gasteiger partial charge on any atom is 0.251 e. The number of H-pyrrole nitrogens is 1. The van der Waals surface area contributed by atoms with Crippen LogP contribution in [0.4, 0.5) is 0 Å². The Kier molecular flexibility index (Phi) is 7.60. The number of amides is 1. The van der Waals surface area contributed by atoms with Crippen LogP contribution in [0.1, 0.15) is 27.3 Å². The first-order chi connectivity index (χ1) is 15.8. The molecule has 0 spiro atoms. The molecule has 0 saturated carbocycles. The van der Waals surface area contributed by atoms with Gasteiger partial charge >= 0.3 is 0 Å². The number of nitrogens with zero attached hydrogens (tertiary/aromatic N) is 1. The highest BCUT2D eigenvalue weighted by molar-refractivity contribution is 7.98. The van der Waals surface area contributed by atoms with Crippen LogP contribution >= 0.6 is 11.8 Å². The Labute approximate surface area is 192 Å². The zero-order valence-corrected chi connectivity index (χ0v) is 18.5. The van der Waals surface area contributed by atoms with E-state index in [0.717, 1.165) is 33.3 Å². The van der Waals surface area contributed by atoms with Crippen LogP contribution in [0.2, 0.25) is 0 Å². The molecule has 3 aromatic carbocycles. The smallest absolute Gasteiger partial charge is 0.251 e. The number of ether oxygens (including phenoxy) is 1. The molecule has 6 heteroatoms. The summed E-state index contributed by atoms with van der Waals surface area (Å²) in [6.07, 6.45) is 4.17. The number of aromatic amines is 1. The lowest BCUT2D eigenvalue weighted by atomic mass is 10.2. The molecule has 0 fully saturated rings. The van der Waals surface area contributed by atoms with Crippen LogP contribution in [0.3, 0.4) is 0 Å². The summed E-state index contributed by atoms with van der Waals surface area (Å²) in [7, 11) is 0. The zero-order valence-electron chi connectivity index (χ0n) is 17.7. The van der Waals surface area contributed by atoms with Gasteiger partial charge in [0.15, 0.2) is 0 Å². The molecule has 5 nitrogen and oxygen atoms in total. The average Bonchev–Trinajstić information content (AvgIpc) is 3.36. The van der Waals surface area contributed by atoms with Crippen molar-refractivity contribution in [3.63, 3.8) is 0 Å². The SMILES string of the molecule is O=C(NCCc1ncc[nH]1)c1ccc(SCc2ccccc2OCc2ccccc2)cc1. The molecule has 0 aliphatic carbocycles. The largest absolute Gasteiger partial charge is 0.489 e. The minimum Gasteiger partial charge on any atom is -0.489 e. The third-order valence-electron chi connectivity index (χ3n) is 4.92. The van der Waals surface area contributed by atoms with Gasteiger partial charge in [0.05, 0.1) is 0 Å². The van der Waals surface area contributed by atoms with Gasteiger partial charge in [0.1, 0.15) is 18.2 Å². The van der Waals surface area contributed by atoms with Gasteiger partial charge in [-0.3, -0.25) is 4.79 Å². The molecular formula is C26H25N3O2S. The van der Waals surface area contributed by atoms with Gasteiger partial charge < -0.3 is 15.0 Å². The van der Waals surface area contributed by atoms with Gasteiger partial charge in [-0.2, -0.15) is 0 Å². The fourth-order valence-electron chi connectivity index (χ4n) is 3.19. The molecule has 0 aliphatic rings. The third-order valence-corrected chi connectivity index (χ3v) is 5.98. The van der Waals surface area contributed by atoms with Crippen molar-refractivity contribution >= 4 is 17.7 Å². The quantitative estimate of drug-likeness (QED) is 0.328. The van der Waals surface area contributed by atoms with Crippen molar-refractivity contribution in [3.05, 3.63) is 114 Å². The molecule has 1 aromatic heterocycles. The highest BCUT2D eigenvalue weighted by Gasteiger charge is 2.08. The lowest BCUT2D eigenvalue weighted by molar-refractivity contribution is 0.0954. The van der Waals surface area contributed by atoms with Gasteiger partial charge in [-0.1, -0.05) is 48.5 Å². The number of aromatic nitrogens is 2.